The molecule has 3 heterocycles. The van der Waals surface area contributed by atoms with Crippen molar-refractivity contribution in [2.45, 2.75) is 32.0 Å². The normalized spacial score (nSPS) is 16.2. The van der Waals surface area contributed by atoms with E-state index in [9.17, 15) is 13.2 Å². The van der Waals surface area contributed by atoms with Crippen LogP contribution in [-0.4, -0.2) is 32.7 Å². The van der Waals surface area contributed by atoms with Gasteiger partial charge in [-0.1, -0.05) is 23.7 Å². The van der Waals surface area contributed by atoms with Gasteiger partial charge in [-0.3, -0.25) is 0 Å². The maximum absolute atomic E-state index is 13.2. The molecule has 27 heavy (non-hydrogen) atoms. The molecule has 2 aromatic heterocycles. The lowest BCUT2D eigenvalue weighted by atomic mass is 10.1. The van der Waals surface area contributed by atoms with Gasteiger partial charge in [0, 0.05) is 24.8 Å². The summed E-state index contributed by atoms with van der Waals surface area (Å²) in [5.41, 5.74) is 0.565. The predicted octanol–water partition coefficient (Wildman–Crippen LogP) is 4.83. The molecule has 0 unspecified atom stereocenters. The van der Waals surface area contributed by atoms with Gasteiger partial charge in [-0.25, -0.2) is 15.0 Å². The van der Waals surface area contributed by atoms with Crippen LogP contribution in [0.5, 0.6) is 0 Å². The lowest BCUT2D eigenvalue weighted by Gasteiger charge is -2.25. The SMILES string of the molecule is Cc1nc(Cl)c2nc(-c3cccc(C(F)(F)F)c3)n(C3CCOCC3)c2n1. The maximum Gasteiger partial charge on any atom is 0.416 e. The Labute approximate surface area is 158 Å². The van der Waals surface area contributed by atoms with Crippen molar-refractivity contribution in [3.05, 3.63) is 40.8 Å². The Morgan fingerprint density at radius 2 is 1.89 bits per heavy atom. The highest BCUT2D eigenvalue weighted by Gasteiger charge is 2.31. The highest BCUT2D eigenvalue weighted by atomic mass is 35.5. The van der Waals surface area contributed by atoms with E-state index >= 15 is 0 Å². The third-order valence-corrected chi connectivity index (χ3v) is 4.88. The number of rotatable bonds is 2. The molecule has 0 N–H and O–H groups in total. The number of imidazole rings is 1. The molecular weight excluding hydrogens is 381 g/mol. The number of ether oxygens (including phenoxy) is 1. The van der Waals surface area contributed by atoms with E-state index in [0.717, 1.165) is 25.0 Å². The zero-order valence-corrected chi connectivity index (χ0v) is 15.2. The van der Waals surface area contributed by atoms with Crippen molar-refractivity contribution in [3.8, 4) is 11.4 Å². The molecule has 1 aliphatic rings. The van der Waals surface area contributed by atoms with Gasteiger partial charge in [-0.05, 0) is 31.9 Å². The molecule has 142 valence electrons. The van der Waals surface area contributed by atoms with Gasteiger partial charge >= 0.3 is 6.18 Å². The molecule has 9 heteroatoms. The quantitative estimate of drug-likeness (QED) is 0.582. The topological polar surface area (TPSA) is 52.8 Å². The van der Waals surface area contributed by atoms with Crippen molar-refractivity contribution in [2.24, 2.45) is 0 Å². The van der Waals surface area contributed by atoms with Gasteiger partial charge < -0.3 is 9.30 Å². The number of nitrogens with zero attached hydrogens (tertiary/aromatic N) is 4. The largest absolute Gasteiger partial charge is 0.416 e. The van der Waals surface area contributed by atoms with Crippen LogP contribution in [0, 0.1) is 6.92 Å². The molecule has 4 rings (SSSR count). The minimum absolute atomic E-state index is 0.0126. The summed E-state index contributed by atoms with van der Waals surface area (Å²) in [6.07, 6.45) is -2.99. The number of fused-ring (bicyclic) bond motifs is 1. The Morgan fingerprint density at radius 3 is 2.59 bits per heavy atom. The molecule has 0 amide bonds. The predicted molar refractivity (Wildman–Crippen MR) is 94.6 cm³/mol. The molecule has 5 nitrogen and oxygen atoms in total. The Kier molecular flexibility index (Phi) is 4.55. The molecule has 1 fully saturated rings. The van der Waals surface area contributed by atoms with E-state index in [2.05, 4.69) is 15.0 Å². The monoisotopic (exact) mass is 396 g/mol. The summed E-state index contributed by atoms with van der Waals surface area (Å²) in [6, 6.07) is 5.15. The summed E-state index contributed by atoms with van der Waals surface area (Å²) in [5, 5.41) is 0.191. The van der Waals surface area contributed by atoms with Crippen molar-refractivity contribution in [2.75, 3.05) is 13.2 Å². The fraction of sp³-hybridized carbons (Fsp3) is 0.389. The van der Waals surface area contributed by atoms with Crippen LogP contribution in [-0.2, 0) is 10.9 Å². The number of alkyl halides is 3. The van der Waals surface area contributed by atoms with Gasteiger partial charge in [0.05, 0.1) is 5.56 Å². The van der Waals surface area contributed by atoms with E-state index in [1.165, 1.54) is 6.07 Å². The van der Waals surface area contributed by atoms with Crippen molar-refractivity contribution >= 4 is 22.8 Å². The van der Waals surface area contributed by atoms with Gasteiger partial charge in [-0.15, -0.1) is 0 Å². The number of aromatic nitrogens is 4. The molecule has 0 radical (unpaired) electrons. The minimum atomic E-state index is -4.43. The van der Waals surface area contributed by atoms with Crippen LogP contribution < -0.4 is 0 Å². The van der Waals surface area contributed by atoms with Crippen LogP contribution in [0.15, 0.2) is 24.3 Å². The second-order valence-electron chi connectivity index (χ2n) is 6.46. The molecule has 1 aromatic carbocycles. The zero-order chi connectivity index (χ0) is 19.2. The highest BCUT2D eigenvalue weighted by molar-refractivity contribution is 6.33. The lowest BCUT2D eigenvalue weighted by Crippen LogP contribution is -2.20. The first-order chi connectivity index (χ1) is 12.8. The number of benzene rings is 1. The fourth-order valence-electron chi connectivity index (χ4n) is 3.37. The van der Waals surface area contributed by atoms with E-state index in [4.69, 9.17) is 16.3 Å². The van der Waals surface area contributed by atoms with E-state index in [0.29, 0.717) is 41.6 Å². The molecule has 0 atom stereocenters. The number of halogens is 4. The Morgan fingerprint density at radius 1 is 1.15 bits per heavy atom. The molecule has 1 aliphatic heterocycles. The second kappa shape index (κ2) is 6.76. The summed E-state index contributed by atoms with van der Waals surface area (Å²) in [6.45, 7) is 2.87. The summed E-state index contributed by atoms with van der Waals surface area (Å²) < 4.78 is 46.8. The molecule has 0 bridgehead atoms. The van der Waals surface area contributed by atoms with Crippen molar-refractivity contribution in [3.63, 3.8) is 0 Å². The average Bonchev–Trinajstić information content (AvgIpc) is 3.01. The highest BCUT2D eigenvalue weighted by Crippen LogP contribution is 2.36. The fourth-order valence-corrected chi connectivity index (χ4v) is 3.62. The van der Waals surface area contributed by atoms with Crippen LogP contribution in [0.1, 0.15) is 30.3 Å². The van der Waals surface area contributed by atoms with Crippen LogP contribution in [0.25, 0.3) is 22.6 Å². The van der Waals surface area contributed by atoms with Crippen molar-refractivity contribution < 1.29 is 17.9 Å². The lowest BCUT2D eigenvalue weighted by molar-refractivity contribution is -0.137. The van der Waals surface area contributed by atoms with Crippen LogP contribution in [0.4, 0.5) is 13.2 Å². The minimum Gasteiger partial charge on any atom is -0.381 e. The summed E-state index contributed by atoms with van der Waals surface area (Å²) in [7, 11) is 0. The molecule has 1 saturated heterocycles. The number of hydrogen-bond donors (Lipinski definition) is 0. The third-order valence-electron chi connectivity index (χ3n) is 4.61. The Hall–Kier alpha value is -2.19. The second-order valence-corrected chi connectivity index (χ2v) is 6.82. The van der Waals surface area contributed by atoms with Crippen LogP contribution in [0.2, 0.25) is 5.15 Å². The van der Waals surface area contributed by atoms with Gasteiger partial charge in [0.15, 0.2) is 10.8 Å². The van der Waals surface area contributed by atoms with E-state index in [1.54, 1.807) is 13.0 Å². The van der Waals surface area contributed by atoms with Crippen LogP contribution >= 0.6 is 11.6 Å². The van der Waals surface area contributed by atoms with Gasteiger partial charge in [-0.2, -0.15) is 13.2 Å². The number of hydrogen-bond acceptors (Lipinski definition) is 4. The molecule has 3 aromatic rings. The van der Waals surface area contributed by atoms with Gasteiger partial charge in [0.25, 0.3) is 0 Å². The van der Waals surface area contributed by atoms with E-state index in [-0.39, 0.29) is 11.2 Å². The first-order valence-corrected chi connectivity index (χ1v) is 8.90. The van der Waals surface area contributed by atoms with Gasteiger partial charge in [0.2, 0.25) is 0 Å². The first kappa shape index (κ1) is 18.2. The summed E-state index contributed by atoms with van der Waals surface area (Å²) in [4.78, 5) is 13.1. The Balaban J connectivity index is 1.96. The zero-order valence-electron chi connectivity index (χ0n) is 14.4. The summed E-state index contributed by atoms with van der Waals surface area (Å²) >= 11 is 6.25. The van der Waals surface area contributed by atoms with Crippen molar-refractivity contribution in [1.82, 2.24) is 19.5 Å². The molecular formula is C18H16ClF3N4O. The van der Waals surface area contributed by atoms with Crippen molar-refractivity contribution in [1.29, 1.82) is 0 Å². The van der Waals surface area contributed by atoms with Gasteiger partial charge in [0.1, 0.15) is 17.2 Å². The third kappa shape index (κ3) is 3.39. The molecule has 0 spiro atoms. The first-order valence-electron chi connectivity index (χ1n) is 8.52. The molecule has 0 saturated carbocycles. The molecule has 0 aliphatic carbocycles. The van der Waals surface area contributed by atoms with E-state index < -0.39 is 11.7 Å². The standard InChI is InChI=1S/C18H16ClF3N4O/c1-10-23-15(19)14-17(24-10)26(13-5-7-27-8-6-13)16(25-14)11-3-2-4-12(9-11)18(20,21)22/h2-4,9,13H,5-8H2,1H3. The summed E-state index contributed by atoms with van der Waals surface area (Å²) in [5.74, 6) is 0.890. The van der Waals surface area contributed by atoms with Crippen LogP contribution in [0.3, 0.4) is 0 Å². The smallest absolute Gasteiger partial charge is 0.381 e. The van der Waals surface area contributed by atoms with E-state index in [1.807, 2.05) is 4.57 Å². The number of aryl methyl sites for hydroxylation is 1. The average molecular weight is 397 g/mol. The Bertz CT molecular complexity index is 996. The maximum atomic E-state index is 13.2.